The molecule has 3 aromatic rings. The summed E-state index contributed by atoms with van der Waals surface area (Å²) in [7, 11) is 5.96. The lowest BCUT2D eigenvalue weighted by atomic mass is 9.91. The molecule has 6 heteroatoms. The predicted octanol–water partition coefficient (Wildman–Crippen LogP) is 3.53. The van der Waals surface area contributed by atoms with Crippen LogP contribution in [0.25, 0.3) is 22.4 Å². The monoisotopic (exact) mass is 360 g/mol. The molecule has 0 saturated heterocycles. The van der Waals surface area contributed by atoms with Crippen molar-refractivity contribution in [1.29, 1.82) is 5.26 Å². The van der Waals surface area contributed by atoms with Crippen LogP contribution in [0, 0.1) is 18.3 Å². The van der Waals surface area contributed by atoms with Gasteiger partial charge in [0, 0.05) is 30.4 Å². The number of nitriles is 1. The van der Waals surface area contributed by atoms with Gasteiger partial charge in [-0.15, -0.1) is 0 Å². The maximum Gasteiger partial charge on any atom is 0.142 e. The number of nitrogens with zero attached hydrogens (tertiary/aromatic N) is 5. The first-order chi connectivity index (χ1) is 12.8. The molecule has 0 spiro atoms. The first kappa shape index (κ1) is 18.6. The van der Waals surface area contributed by atoms with E-state index < -0.39 is 0 Å². The van der Waals surface area contributed by atoms with E-state index in [0.717, 1.165) is 27.9 Å². The summed E-state index contributed by atoms with van der Waals surface area (Å²) >= 11 is 0. The molecule has 2 N–H and O–H groups in total. The van der Waals surface area contributed by atoms with E-state index in [1.54, 1.807) is 10.9 Å². The van der Waals surface area contributed by atoms with Crippen LogP contribution in [0.1, 0.15) is 29.7 Å². The minimum Gasteiger partial charge on any atom is -0.383 e. The minimum absolute atomic E-state index is 0.239. The molecular weight excluding hydrogens is 336 g/mol. The fourth-order valence-corrected chi connectivity index (χ4v) is 3.24. The van der Waals surface area contributed by atoms with Gasteiger partial charge in [-0.3, -0.25) is 4.68 Å². The van der Waals surface area contributed by atoms with Gasteiger partial charge in [0.2, 0.25) is 0 Å². The number of pyridine rings is 1. The Hall–Kier alpha value is -3.17. The fourth-order valence-electron chi connectivity index (χ4n) is 3.24. The maximum absolute atomic E-state index is 9.72. The molecule has 0 bridgehead atoms. The highest BCUT2D eigenvalue weighted by atomic mass is 15.2. The van der Waals surface area contributed by atoms with Crippen LogP contribution in [-0.4, -0.2) is 33.8 Å². The number of benzene rings is 1. The van der Waals surface area contributed by atoms with Crippen molar-refractivity contribution < 1.29 is 0 Å². The summed E-state index contributed by atoms with van der Waals surface area (Å²) in [5.41, 5.74) is 12.1. The quantitative estimate of drug-likeness (QED) is 0.769. The number of hydrogen-bond acceptors (Lipinski definition) is 5. The summed E-state index contributed by atoms with van der Waals surface area (Å²) < 4.78 is 1.73. The lowest BCUT2D eigenvalue weighted by molar-refractivity contribution is 0.321. The van der Waals surface area contributed by atoms with Crippen LogP contribution in [-0.2, 0) is 7.05 Å². The highest BCUT2D eigenvalue weighted by Gasteiger charge is 2.20. The lowest BCUT2D eigenvalue weighted by Gasteiger charge is -2.21. The summed E-state index contributed by atoms with van der Waals surface area (Å²) in [6, 6.07) is 10.8. The van der Waals surface area contributed by atoms with Gasteiger partial charge in [-0.25, -0.2) is 4.98 Å². The Morgan fingerprint density at radius 2 is 2.00 bits per heavy atom. The van der Waals surface area contributed by atoms with Gasteiger partial charge in [-0.05, 0) is 50.7 Å². The molecule has 0 amide bonds. The molecule has 3 rings (SSSR count). The molecule has 27 heavy (non-hydrogen) atoms. The van der Waals surface area contributed by atoms with Crippen LogP contribution in [0.15, 0.2) is 36.7 Å². The van der Waals surface area contributed by atoms with Crippen LogP contribution < -0.4 is 5.73 Å². The third kappa shape index (κ3) is 3.42. The van der Waals surface area contributed by atoms with Crippen LogP contribution in [0.2, 0.25) is 0 Å². The number of rotatable bonds is 4. The standard InChI is InChI=1S/C21H24N6/c1-13-19(16-8-6-7-15(9-16)14(2)26(3)4)18(10-22)21(23)25-20(13)17-11-24-27(5)12-17/h6-9,11-12,14H,1-5H3,(H2,23,25). The molecule has 1 aromatic carbocycles. The second-order valence-corrected chi connectivity index (χ2v) is 7.00. The summed E-state index contributed by atoms with van der Waals surface area (Å²) in [5.74, 6) is 0.239. The average Bonchev–Trinajstić information content (AvgIpc) is 3.08. The summed E-state index contributed by atoms with van der Waals surface area (Å²) in [6.45, 7) is 4.13. The second-order valence-electron chi connectivity index (χ2n) is 7.00. The molecule has 1 unspecified atom stereocenters. The van der Waals surface area contributed by atoms with Crippen LogP contribution in [0.3, 0.4) is 0 Å². The molecule has 0 radical (unpaired) electrons. The molecule has 0 aliphatic carbocycles. The second kappa shape index (κ2) is 7.22. The summed E-state index contributed by atoms with van der Waals surface area (Å²) in [6.07, 6.45) is 3.66. The Kier molecular flexibility index (Phi) is 4.98. The molecule has 0 aliphatic heterocycles. The van der Waals surface area contributed by atoms with Crippen molar-refractivity contribution in [2.45, 2.75) is 19.9 Å². The Labute approximate surface area is 159 Å². The smallest absolute Gasteiger partial charge is 0.142 e. The Morgan fingerprint density at radius 3 is 2.59 bits per heavy atom. The Bertz CT molecular complexity index is 1030. The zero-order valence-electron chi connectivity index (χ0n) is 16.4. The number of aryl methyl sites for hydroxylation is 1. The van der Waals surface area contributed by atoms with E-state index >= 15 is 0 Å². The fraction of sp³-hybridized carbons (Fsp3) is 0.286. The normalized spacial score (nSPS) is 12.2. The Balaban J connectivity index is 2.25. The summed E-state index contributed by atoms with van der Waals surface area (Å²) in [5, 5.41) is 14.0. The van der Waals surface area contributed by atoms with E-state index in [2.05, 4.69) is 40.1 Å². The van der Waals surface area contributed by atoms with E-state index in [1.165, 1.54) is 5.56 Å². The minimum atomic E-state index is 0.239. The topological polar surface area (TPSA) is 83.8 Å². The van der Waals surface area contributed by atoms with E-state index in [-0.39, 0.29) is 11.9 Å². The predicted molar refractivity (Wildman–Crippen MR) is 108 cm³/mol. The molecule has 6 nitrogen and oxygen atoms in total. The summed E-state index contributed by atoms with van der Waals surface area (Å²) in [4.78, 5) is 6.64. The zero-order chi connectivity index (χ0) is 19.7. The van der Waals surface area contributed by atoms with Gasteiger partial charge in [0.25, 0.3) is 0 Å². The number of aromatic nitrogens is 3. The van der Waals surface area contributed by atoms with Gasteiger partial charge in [0.05, 0.1) is 11.9 Å². The van der Waals surface area contributed by atoms with E-state index in [9.17, 15) is 5.26 Å². The third-order valence-electron chi connectivity index (χ3n) is 4.99. The molecule has 0 aliphatic rings. The molecule has 0 fully saturated rings. The number of nitrogens with two attached hydrogens (primary N) is 1. The van der Waals surface area contributed by atoms with Gasteiger partial charge >= 0.3 is 0 Å². The van der Waals surface area contributed by atoms with Crippen molar-refractivity contribution in [1.82, 2.24) is 19.7 Å². The van der Waals surface area contributed by atoms with Gasteiger partial charge in [0.15, 0.2) is 0 Å². The first-order valence-corrected chi connectivity index (χ1v) is 8.79. The number of hydrogen-bond donors (Lipinski definition) is 1. The van der Waals surface area contributed by atoms with Crippen LogP contribution in [0.4, 0.5) is 5.82 Å². The van der Waals surface area contributed by atoms with Gasteiger partial charge < -0.3 is 10.6 Å². The number of anilines is 1. The molecule has 2 heterocycles. The molecule has 138 valence electrons. The van der Waals surface area contributed by atoms with E-state index in [0.29, 0.717) is 5.56 Å². The molecule has 2 aromatic heterocycles. The Morgan fingerprint density at radius 1 is 1.26 bits per heavy atom. The molecular formula is C21H24N6. The van der Waals surface area contributed by atoms with Crippen molar-refractivity contribution in [3.63, 3.8) is 0 Å². The first-order valence-electron chi connectivity index (χ1n) is 8.79. The largest absolute Gasteiger partial charge is 0.383 e. The van der Waals surface area contributed by atoms with Gasteiger partial charge in [0.1, 0.15) is 17.5 Å². The average molecular weight is 360 g/mol. The molecule has 0 saturated carbocycles. The maximum atomic E-state index is 9.72. The van der Waals surface area contributed by atoms with Crippen molar-refractivity contribution in [3.8, 4) is 28.5 Å². The van der Waals surface area contributed by atoms with Gasteiger partial charge in [-0.1, -0.05) is 18.2 Å². The lowest BCUT2D eigenvalue weighted by Crippen LogP contribution is -2.16. The zero-order valence-corrected chi connectivity index (χ0v) is 16.4. The van der Waals surface area contributed by atoms with Crippen molar-refractivity contribution in [2.24, 2.45) is 7.05 Å². The van der Waals surface area contributed by atoms with Gasteiger partial charge in [-0.2, -0.15) is 10.4 Å². The van der Waals surface area contributed by atoms with Crippen LogP contribution in [0.5, 0.6) is 0 Å². The van der Waals surface area contributed by atoms with E-state index in [4.69, 9.17) is 5.73 Å². The SMILES string of the molecule is Cc1c(-c2cnn(C)c2)nc(N)c(C#N)c1-c1cccc(C(C)N(C)C)c1. The van der Waals surface area contributed by atoms with E-state index in [1.807, 2.05) is 46.4 Å². The van der Waals surface area contributed by atoms with Crippen molar-refractivity contribution >= 4 is 5.82 Å². The highest BCUT2D eigenvalue weighted by molar-refractivity contribution is 5.84. The van der Waals surface area contributed by atoms with Crippen molar-refractivity contribution in [3.05, 3.63) is 53.3 Å². The van der Waals surface area contributed by atoms with Crippen LogP contribution >= 0.6 is 0 Å². The molecule has 1 atom stereocenters. The third-order valence-corrected chi connectivity index (χ3v) is 4.99. The van der Waals surface area contributed by atoms with Crippen molar-refractivity contribution in [2.75, 3.05) is 19.8 Å². The highest BCUT2D eigenvalue weighted by Crippen LogP contribution is 2.36. The number of nitrogen functional groups attached to an aromatic ring is 1.